The van der Waals surface area contributed by atoms with E-state index >= 15 is 0 Å². The molecule has 2 aromatic carbocycles. The molecule has 0 unspecified atom stereocenters. The molecular formula is C44H68N2. The second-order valence-corrected chi connectivity index (χ2v) is 13.5. The summed E-state index contributed by atoms with van der Waals surface area (Å²) in [7, 11) is 0. The summed E-state index contributed by atoms with van der Waals surface area (Å²) in [6.45, 7) is 8.81. The topological polar surface area (TPSA) is 24.7 Å². The highest BCUT2D eigenvalue weighted by Crippen LogP contribution is 2.19. The van der Waals surface area contributed by atoms with Crippen LogP contribution < -0.4 is 0 Å². The summed E-state index contributed by atoms with van der Waals surface area (Å²) in [5, 5.41) is 0. The number of aliphatic imine (C=N–C) groups is 2. The normalized spacial score (nSPS) is 12.4. The lowest BCUT2D eigenvalue weighted by Gasteiger charge is -2.03. The van der Waals surface area contributed by atoms with Crippen molar-refractivity contribution in [1.29, 1.82) is 0 Å². The summed E-state index contributed by atoms with van der Waals surface area (Å²) in [4.78, 5) is 9.75. The van der Waals surface area contributed by atoms with E-state index in [9.17, 15) is 0 Å². The van der Waals surface area contributed by atoms with Crippen LogP contribution in [0.4, 0.5) is 11.4 Å². The van der Waals surface area contributed by atoms with Gasteiger partial charge in [-0.3, -0.25) is 4.99 Å². The van der Waals surface area contributed by atoms with Gasteiger partial charge in [-0.15, -0.1) is 0 Å². The predicted molar refractivity (Wildman–Crippen MR) is 209 cm³/mol. The number of allylic oxidation sites excluding steroid dienone is 3. The summed E-state index contributed by atoms with van der Waals surface area (Å²) in [5.74, 6) is 0. The van der Waals surface area contributed by atoms with Gasteiger partial charge in [0.15, 0.2) is 0 Å². The summed E-state index contributed by atoms with van der Waals surface area (Å²) >= 11 is 0. The molecule has 0 radical (unpaired) electrons. The average molecular weight is 625 g/mol. The van der Waals surface area contributed by atoms with Gasteiger partial charge in [0, 0.05) is 0 Å². The highest BCUT2D eigenvalue weighted by atomic mass is 14.8. The predicted octanol–water partition coefficient (Wildman–Crippen LogP) is 15.0. The SMILES string of the molecule is CCCCCCC=Cc1ccc(N=C(C=CCCCCCCCCCCCCCCCCCC)C=Nc2cc(C)cc(C)c2)cc1. The third-order valence-corrected chi connectivity index (χ3v) is 8.75. The van der Waals surface area contributed by atoms with Gasteiger partial charge < -0.3 is 0 Å². The Labute approximate surface area is 285 Å². The van der Waals surface area contributed by atoms with E-state index in [0.717, 1.165) is 29.9 Å². The van der Waals surface area contributed by atoms with Gasteiger partial charge in [0.1, 0.15) is 0 Å². The number of hydrogen-bond acceptors (Lipinski definition) is 2. The van der Waals surface area contributed by atoms with Crippen molar-refractivity contribution in [3.05, 3.63) is 77.4 Å². The maximum atomic E-state index is 4.96. The van der Waals surface area contributed by atoms with E-state index in [1.807, 2.05) is 6.21 Å². The molecule has 0 saturated heterocycles. The third kappa shape index (κ3) is 21.1. The zero-order chi connectivity index (χ0) is 32.9. The Hall–Kier alpha value is -2.74. The van der Waals surface area contributed by atoms with Crippen LogP contribution in [-0.2, 0) is 0 Å². The second-order valence-electron chi connectivity index (χ2n) is 13.5. The van der Waals surface area contributed by atoms with Gasteiger partial charge in [-0.05, 0) is 86.6 Å². The molecule has 0 heterocycles. The highest BCUT2D eigenvalue weighted by Gasteiger charge is 1.98. The van der Waals surface area contributed by atoms with Crippen molar-refractivity contribution in [2.45, 2.75) is 169 Å². The van der Waals surface area contributed by atoms with E-state index in [2.05, 4.69) is 94.5 Å². The van der Waals surface area contributed by atoms with E-state index < -0.39 is 0 Å². The molecule has 2 aromatic rings. The first-order valence-electron chi connectivity index (χ1n) is 19.2. The summed E-state index contributed by atoms with van der Waals surface area (Å²) in [5.41, 5.74) is 6.55. The van der Waals surface area contributed by atoms with E-state index in [4.69, 9.17) is 9.98 Å². The first-order chi connectivity index (χ1) is 22.6. The second kappa shape index (κ2) is 27.4. The first-order valence-corrected chi connectivity index (χ1v) is 19.2. The molecule has 2 rings (SSSR count). The molecule has 2 nitrogen and oxygen atoms in total. The van der Waals surface area contributed by atoms with Crippen LogP contribution in [0.1, 0.15) is 172 Å². The molecule has 0 aliphatic rings. The molecule has 2 heteroatoms. The Morgan fingerprint density at radius 2 is 0.978 bits per heavy atom. The van der Waals surface area contributed by atoms with Gasteiger partial charge in [-0.25, -0.2) is 4.99 Å². The minimum atomic E-state index is 0.898. The number of unbranched alkanes of at least 4 members (excludes halogenated alkanes) is 20. The molecule has 0 aliphatic carbocycles. The van der Waals surface area contributed by atoms with E-state index in [0.29, 0.717) is 0 Å². The fourth-order valence-electron chi connectivity index (χ4n) is 6.01. The lowest BCUT2D eigenvalue weighted by Crippen LogP contribution is -1.95. The van der Waals surface area contributed by atoms with Gasteiger partial charge in [0.05, 0.1) is 23.3 Å². The minimum Gasteiger partial charge on any atom is -0.255 e. The fraction of sp³-hybridized carbons (Fsp3) is 0.591. The molecule has 0 bridgehead atoms. The van der Waals surface area contributed by atoms with Crippen LogP contribution in [-0.4, -0.2) is 11.9 Å². The lowest BCUT2D eigenvalue weighted by atomic mass is 10.0. The van der Waals surface area contributed by atoms with Gasteiger partial charge in [0.2, 0.25) is 0 Å². The maximum absolute atomic E-state index is 4.96. The van der Waals surface area contributed by atoms with E-state index in [1.54, 1.807) is 0 Å². The molecular weight excluding hydrogens is 556 g/mol. The lowest BCUT2D eigenvalue weighted by molar-refractivity contribution is 0.530. The number of rotatable bonds is 27. The Balaban J connectivity index is 1.74. The van der Waals surface area contributed by atoms with Gasteiger partial charge in [-0.2, -0.15) is 0 Å². The van der Waals surface area contributed by atoms with Crippen LogP contribution in [0.15, 0.2) is 70.7 Å². The van der Waals surface area contributed by atoms with Crippen molar-refractivity contribution in [1.82, 2.24) is 0 Å². The van der Waals surface area contributed by atoms with Crippen LogP contribution >= 0.6 is 0 Å². The summed E-state index contributed by atoms with van der Waals surface area (Å²) < 4.78 is 0. The Bertz CT molecular complexity index is 1110. The standard InChI is InChI=1S/C44H68N2/c1-5-7-9-11-13-14-15-16-17-18-19-20-21-22-23-24-26-28-30-43(38-45-44-36-39(3)35-40(4)37-44)46-42-33-31-41(32-34-42)29-27-25-12-10-8-6-2/h27-38H,5-26H2,1-4H3. The maximum Gasteiger partial charge on any atom is 0.0816 e. The van der Waals surface area contributed by atoms with Gasteiger partial charge in [0.25, 0.3) is 0 Å². The summed E-state index contributed by atoms with van der Waals surface area (Å²) in [6, 6.07) is 15.0. The van der Waals surface area contributed by atoms with Crippen LogP contribution in [0.2, 0.25) is 0 Å². The van der Waals surface area contributed by atoms with Crippen LogP contribution in [0.25, 0.3) is 6.08 Å². The monoisotopic (exact) mass is 625 g/mol. The van der Waals surface area contributed by atoms with Crippen molar-refractivity contribution >= 4 is 29.4 Å². The molecule has 0 aliphatic heterocycles. The molecule has 254 valence electrons. The van der Waals surface area contributed by atoms with Crippen molar-refractivity contribution in [2.24, 2.45) is 9.98 Å². The van der Waals surface area contributed by atoms with Crippen LogP contribution in [0.5, 0.6) is 0 Å². The zero-order valence-electron chi connectivity index (χ0n) is 30.4. The third-order valence-electron chi connectivity index (χ3n) is 8.75. The molecule has 0 spiro atoms. The van der Waals surface area contributed by atoms with Crippen LogP contribution in [0, 0.1) is 13.8 Å². The zero-order valence-corrected chi connectivity index (χ0v) is 30.4. The molecule has 0 N–H and O–H groups in total. The van der Waals surface area contributed by atoms with Crippen molar-refractivity contribution in [2.75, 3.05) is 0 Å². The minimum absolute atomic E-state index is 0.898. The molecule has 0 aromatic heterocycles. The first kappa shape index (κ1) is 39.4. The Kier molecular flexibility index (Phi) is 23.5. The largest absolute Gasteiger partial charge is 0.255 e. The Morgan fingerprint density at radius 1 is 0.522 bits per heavy atom. The van der Waals surface area contributed by atoms with E-state index in [-0.39, 0.29) is 0 Å². The number of benzene rings is 2. The van der Waals surface area contributed by atoms with Crippen molar-refractivity contribution < 1.29 is 0 Å². The van der Waals surface area contributed by atoms with Crippen LogP contribution in [0.3, 0.4) is 0 Å². The van der Waals surface area contributed by atoms with Crippen molar-refractivity contribution in [3.8, 4) is 0 Å². The molecule has 0 fully saturated rings. The van der Waals surface area contributed by atoms with Gasteiger partial charge in [-0.1, -0.05) is 166 Å². The number of aryl methyl sites for hydroxylation is 2. The molecule has 0 atom stereocenters. The quantitative estimate of drug-likeness (QED) is 0.0698. The van der Waals surface area contributed by atoms with Gasteiger partial charge >= 0.3 is 0 Å². The number of hydrogen-bond donors (Lipinski definition) is 0. The summed E-state index contributed by atoms with van der Waals surface area (Å²) in [6.07, 6.45) is 40.9. The highest BCUT2D eigenvalue weighted by molar-refractivity contribution is 6.36. The van der Waals surface area contributed by atoms with Crippen molar-refractivity contribution in [3.63, 3.8) is 0 Å². The Morgan fingerprint density at radius 3 is 1.50 bits per heavy atom. The smallest absolute Gasteiger partial charge is 0.0816 e. The molecule has 46 heavy (non-hydrogen) atoms. The average Bonchev–Trinajstić information content (AvgIpc) is 3.05. The molecule has 0 amide bonds. The molecule has 0 saturated carbocycles. The fourth-order valence-corrected chi connectivity index (χ4v) is 6.01. The van der Waals surface area contributed by atoms with E-state index in [1.165, 1.54) is 145 Å². The number of nitrogens with zero attached hydrogens (tertiary/aromatic N) is 2.